The summed E-state index contributed by atoms with van der Waals surface area (Å²) in [5.74, 6) is -1.09. The molecule has 1 atom stereocenters. The maximum Gasteiger partial charge on any atom is 0.317 e. The molecule has 0 aliphatic carbocycles. The minimum Gasteiger partial charge on any atom is -0.480 e. The molecule has 0 rings (SSSR count). The molecule has 0 saturated carbocycles. The first kappa shape index (κ1) is 9.62. The summed E-state index contributed by atoms with van der Waals surface area (Å²) in [5.41, 5.74) is -1.26. The van der Waals surface area contributed by atoms with Crippen LogP contribution in [0.3, 0.4) is 0 Å². The lowest BCUT2D eigenvalue weighted by molar-refractivity contribution is -0.150. The van der Waals surface area contributed by atoms with Gasteiger partial charge in [0.15, 0.2) is 0 Å². The van der Waals surface area contributed by atoms with Crippen molar-refractivity contribution in [3.05, 3.63) is 0 Å². The fourth-order valence-electron chi connectivity index (χ4n) is 0.374. The highest BCUT2D eigenvalue weighted by Crippen LogP contribution is 2.25. The van der Waals surface area contributed by atoms with Gasteiger partial charge < -0.3 is 5.11 Å². The van der Waals surface area contributed by atoms with Gasteiger partial charge in [-0.25, -0.2) is 0 Å². The van der Waals surface area contributed by atoms with E-state index < -0.39 is 16.1 Å². The van der Waals surface area contributed by atoms with Crippen molar-refractivity contribution in [3.63, 3.8) is 0 Å². The highest BCUT2D eigenvalue weighted by atomic mass is 79.9. The molecule has 0 fully saturated rings. The van der Waals surface area contributed by atoms with Crippen LogP contribution < -0.4 is 0 Å². The molecular formula is C6H9BrO3. The number of carbonyl (C=O) groups excluding carboxylic acids is 1. The smallest absolute Gasteiger partial charge is 0.317 e. The summed E-state index contributed by atoms with van der Waals surface area (Å²) in [6, 6.07) is 0. The minimum absolute atomic E-state index is 0.298. The van der Waals surface area contributed by atoms with Gasteiger partial charge in [-0.3, -0.25) is 9.59 Å². The van der Waals surface area contributed by atoms with Gasteiger partial charge in [0.2, 0.25) is 4.69 Å². The molecule has 0 aliphatic heterocycles. The van der Waals surface area contributed by atoms with E-state index in [1.54, 1.807) is 6.92 Å². The Labute approximate surface area is 67.5 Å². The minimum atomic E-state index is -1.26. The van der Waals surface area contributed by atoms with Crippen LogP contribution in [0.25, 0.3) is 0 Å². The van der Waals surface area contributed by atoms with Crippen molar-refractivity contribution in [3.8, 4) is 0 Å². The second-order valence-corrected chi connectivity index (χ2v) is 2.98. The first-order chi connectivity index (χ1) is 4.45. The molecular weight excluding hydrogens is 200 g/mol. The summed E-state index contributed by atoms with van der Waals surface area (Å²) in [6.45, 7) is 3.06. The highest BCUT2D eigenvalue weighted by molar-refractivity contribution is 9.18. The summed E-state index contributed by atoms with van der Waals surface area (Å²) in [4.78, 5) is 21.1. The zero-order valence-corrected chi connectivity index (χ0v) is 7.43. The molecule has 3 nitrogen and oxygen atoms in total. The molecule has 4 heteroatoms. The second kappa shape index (κ2) is 3.14. The number of aliphatic carboxylic acids is 1. The number of hydrogen-bond donors (Lipinski definition) is 1. The lowest BCUT2D eigenvalue weighted by atomic mass is 9.90. The van der Waals surface area contributed by atoms with Gasteiger partial charge in [0.25, 0.3) is 0 Å². The molecule has 0 heterocycles. The van der Waals surface area contributed by atoms with Crippen LogP contribution in [0.15, 0.2) is 0 Å². The second-order valence-electron chi connectivity index (χ2n) is 2.26. The van der Waals surface area contributed by atoms with Crippen molar-refractivity contribution in [2.45, 2.75) is 20.3 Å². The third-order valence-corrected chi connectivity index (χ3v) is 2.49. The average Bonchev–Trinajstić information content (AvgIpc) is 1.85. The van der Waals surface area contributed by atoms with Crippen LogP contribution in [0.1, 0.15) is 20.3 Å². The van der Waals surface area contributed by atoms with Gasteiger partial charge in [-0.05, 0) is 29.3 Å². The maximum atomic E-state index is 10.7. The molecule has 58 valence electrons. The fourth-order valence-corrected chi connectivity index (χ4v) is 0.824. The molecule has 0 aromatic rings. The quantitative estimate of drug-likeness (QED) is 0.564. The Kier molecular flexibility index (Phi) is 3.02. The van der Waals surface area contributed by atoms with Crippen molar-refractivity contribution in [1.29, 1.82) is 0 Å². The predicted molar refractivity (Wildman–Crippen MR) is 40.0 cm³/mol. The van der Waals surface area contributed by atoms with Crippen molar-refractivity contribution >= 4 is 26.6 Å². The van der Waals surface area contributed by atoms with E-state index in [-0.39, 0.29) is 0 Å². The number of hydrogen-bond acceptors (Lipinski definition) is 2. The third-order valence-electron chi connectivity index (χ3n) is 1.61. The van der Waals surface area contributed by atoms with Gasteiger partial charge >= 0.3 is 5.97 Å². The van der Waals surface area contributed by atoms with E-state index in [4.69, 9.17) is 5.11 Å². The first-order valence-electron chi connectivity index (χ1n) is 2.88. The van der Waals surface area contributed by atoms with Crippen LogP contribution in [0.2, 0.25) is 0 Å². The van der Waals surface area contributed by atoms with Crippen molar-refractivity contribution < 1.29 is 14.7 Å². The fraction of sp³-hybridized carbons (Fsp3) is 0.667. The Morgan fingerprint density at radius 1 is 1.60 bits per heavy atom. The Hall–Kier alpha value is -0.380. The molecule has 0 aliphatic rings. The maximum absolute atomic E-state index is 10.7. The summed E-state index contributed by atoms with van der Waals surface area (Å²) < 4.78 is -0.477. The predicted octanol–water partition coefficient (Wildman–Crippen LogP) is 1.41. The average molecular weight is 209 g/mol. The van der Waals surface area contributed by atoms with Gasteiger partial charge in [0.1, 0.15) is 5.41 Å². The van der Waals surface area contributed by atoms with Gasteiger partial charge in [0, 0.05) is 0 Å². The van der Waals surface area contributed by atoms with Crippen molar-refractivity contribution in [2.75, 3.05) is 0 Å². The van der Waals surface area contributed by atoms with Crippen LogP contribution in [0.4, 0.5) is 0 Å². The van der Waals surface area contributed by atoms with Crippen LogP contribution in [-0.2, 0) is 9.59 Å². The number of carbonyl (C=O) groups is 2. The van der Waals surface area contributed by atoms with E-state index in [1.165, 1.54) is 6.92 Å². The zero-order valence-electron chi connectivity index (χ0n) is 5.85. The number of rotatable bonds is 3. The van der Waals surface area contributed by atoms with E-state index in [0.29, 0.717) is 6.42 Å². The molecule has 0 spiro atoms. The Morgan fingerprint density at radius 2 is 2.00 bits per heavy atom. The molecule has 0 saturated heterocycles. The van der Waals surface area contributed by atoms with Gasteiger partial charge in [0.05, 0.1) is 0 Å². The number of halogens is 1. The van der Waals surface area contributed by atoms with Crippen LogP contribution in [0, 0.1) is 5.41 Å². The molecule has 10 heavy (non-hydrogen) atoms. The molecule has 0 radical (unpaired) electrons. The molecule has 0 amide bonds. The van der Waals surface area contributed by atoms with Crippen LogP contribution >= 0.6 is 15.9 Å². The molecule has 1 unspecified atom stereocenters. The van der Waals surface area contributed by atoms with E-state index in [2.05, 4.69) is 15.9 Å². The van der Waals surface area contributed by atoms with Crippen LogP contribution in [0.5, 0.6) is 0 Å². The first-order valence-corrected chi connectivity index (χ1v) is 3.67. The molecule has 1 N–H and O–H groups in total. The normalized spacial score (nSPS) is 15.9. The Morgan fingerprint density at radius 3 is 2.00 bits per heavy atom. The van der Waals surface area contributed by atoms with Gasteiger partial charge in [-0.1, -0.05) is 6.92 Å². The summed E-state index contributed by atoms with van der Waals surface area (Å²) in [7, 11) is 0. The van der Waals surface area contributed by atoms with Crippen LogP contribution in [-0.4, -0.2) is 15.8 Å². The summed E-state index contributed by atoms with van der Waals surface area (Å²) >= 11 is 2.64. The lowest BCUT2D eigenvalue weighted by Crippen LogP contribution is -2.32. The molecule has 0 aromatic heterocycles. The topological polar surface area (TPSA) is 54.4 Å². The Bertz CT molecular complexity index is 150. The van der Waals surface area contributed by atoms with E-state index in [1.807, 2.05) is 0 Å². The zero-order chi connectivity index (χ0) is 8.36. The third kappa shape index (κ3) is 1.56. The lowest BCUT2D eigenvalue weighted by Gasteiger charge is -2.16. The largest absolute Gasteiger partial charge is 0.480 e. The summed E-state index contributed by atoms with van der Waals surface area (Å²) in [6.07, 6.45) is 0.298. The molecule has 0 aromatic carbocycles. The van der Waals surface area contributed by atoms with Gasteiger partial charge in [-0.15, -0.1) is 0 Å². The van der Waals surface area contributed by atoms with Crippen molar-refractivity contribution in [1.82, 2.24) is 0 Å². The SMILES string of the molecule is CCC(C)(C(=O)O)C(=O)Br. The number of carboxylic acid groups (broad SMARTS) is 1. The van der Waals surface area contributed by atoms with E-state index in [0.717, 1.165) is 0 Å². The van der Waals surface area contributed by atoms with Gasteiger partial charge in [-0.2, -0.15) is 0 Å². The summed E-state index contributed by atoms with van der Waals surface area (Å²) in [5, 5.41) is 8.55. The molecule has 0 bridgehead atoms. The number of carboxylic acids is 1. The highest BCUT2D eigenvalue weighted by Gasteiger charge is 2.37. The monoisotopic (exact) mass is 208 g/mol. The van der Waals surface area contributed by atoms with E-state index in [9.17, 15) is 9.59 Å². The van der Waals surface area contributed by atoms with Crippen molar-refractivity contribution in [2.24, 2.45) is 5.41 Å². The standard InChI is InChI=1S/C6H9BrO3/c1-3-6(2,4(7)8)5(9)10/h3H2,1-2H3,(H,9,10). The van der Waals surface area contributed by atoms with E-state index >= 15 is 0 Å². The Balaban J connectivity index is 4.55.